The molecule has 1 fully saturated rings. The van der Waals surface area contributed by atoms with Gasteiger partial charge in [0, 0.05) is 0 Å². The van der Waals surface area contributed by atoms with Gasteiger partial charge in [-0.2, -0.15) is 0 Å². The molecule has 1 nitrogen and oxygen atoms in total. The molecule has 82 valence electrons. The van der Waals surface area contributed by atoms with Gasteiger partial charge in [0.05, 0.1) is 13.6 Å². The minimum atomic E-state index is 0.957. The molecular formula is C13H26N+. The first-order chi connectivity index (χ1) is 6.88. The lowest BCUT2D eigenvalue weighted by atomic mass is 9.75. The second kappa shape index (κ2) is 7.05. The van der Waals surface area contributed by atoms with Gasteiger partial charge in [-0.25, -0.2) is 0 Å². The number of hydrogen-bond donors (Lipinski definition) is 1. The molecule has 0 heterocycles. The van der Waals surface area contributed by atoms with E-state index in [-0.39, 0.29) is 0 Å². The van der Waals surface area contributed by atoms with Gasteiger partial charge < -0.3 is 5.32 Å². The molecule has 0 saturated heterocycles. The van der Waals surface area contributed by atoms with E-state index in [1.807, 2.05) is 0 Å². The van der Waals surface area contributed by atoms with Gasteiger partial charge in [-0.15, -0.1) is 6.58 Å². The molecule has 0 aliphatic heterocycles. The zero-order chi connectivity index (χ0) is 10.2. The van der Waals surface area contributed by atoms with Crippen molar-refractivity contribution in [3.63, 3.8) is 0 Å². The van der Waals surface area contributed by atoms with Crippen LogP contribution in [0.15, 0.2) is 12.7 Å². The van der Waals surface area contributed by atoms with E-state index in [0.717, 1.165) is 11.8 Å². The maximum Gasteiger partial charge on any atom is 0.0753 e. The van der Waals surface area contributed by atoms with Crippen LogP contribution in [-0.4, -0.2) is 13.6 Å². The summed E-state index contributed by atoms with van der Waals surface area (Å²) in [6.45, 7) is 5.18. The first-order valence-electron chi connectivity index (χ1n) is 6.27. The predicted molar refractivity (Wildman–Crippen MR) is 62.2 cm³/mol. The SMILES string of the molecule is C=CCC1CCCCC1CCC[NH2+]C. The van der Waals surface area contributed by atoms with Crippen LogP contribution in [0.3, 0.4) is 0 Å². The summed E-state index contributed by atoms with van der Waals surface area (Å²) in [5.41, 5.74) is 0. The lowest BCUT2D eigenvalue weighted by Gasteiger charge is -2.30. The van der Waals surface area contributed by atoms with E-state index in [0.29, 0.717) is 0 Å². The smallest absolute Gasteiger partial charge is 0.0753 e. The van der Waals surface area contributed by atoms with Crippen molar-refractivity contribution in [3.8, 4) is 0 Å². The van der Waals surface area contributed by atoms with Gasteiger partial charge in [0.25, 0.3) is 0 Å². The predicted octanol–water partition coefficient (Wildman–Crippen LogP) is 2.34. The highest BCUT2D eigenvalue weighted by Gasteiger charge is 2.23. The van der Waals surface area contributed by atoms with Crippen LogP contribution in [0, 0.1) is 11.8 Å². The standard InChI is InChI=1S/C13H25N/c1-3-7-12-8-4-5-9-13(12)10-6-11-14-2/h3,12-14H,1,4-11H2,2H3/p+1. The third kappa shape index (κ3) is 3.83. The highest BCUT2D eigenvalue weighted by atomic mass is 14.8. The third-order valence-electron chi connectivity index (χ3n) is 3.60. The number of hydrogen-bond acceptors (Lipinski definition) is 0. The summed E-state index contributed by atoms with van der Waals surface area (Å²) in [5.74, 6) is 1.96. The Bertz CT molecular complexity index is 153. The maximum absolute atomic E-state index is 3.88. The van der Waals surface area contributed by atoms with Crippen molar-refractivity contribution >= 4 is 0 Å². The average molecular weight is 196 g/mol. The quantitative estimate of drug-likeness (QED) is 0.496. The van der Waals surface area contributed by atoms with E-state index in [9.17, 15) is 0 Å². The Morgan fingerprint density at radius 3 is 2.64 bits per heavy atom. The molecule has 0 spiro atoms. The van der Waals surface area contributed by atoms with Crippen LogP contribution in [-0.2, 0) is 0 Å². The van der Waals surface area contributed by atoms with Crippen molar-refractivity contribution in [2.75, 3.05) is 13.6 Å². The fraction of sp³-hybridized carbons (Fsp3) is 0.846. The summed E-state index contributed by atoms with van der Waals surface area (Å²) in [4.78, 5) is 0. The first kappa shape index (κ1) is 11.8. The Balaban J connectivity index is 2.26. The molecule has 1 aliphatic rings. The topological polar surface area (TPSA) is 16.6 Å². The van der Waals surface area contributed by atoms with Gasteiger partial charge in [0.1, 0.15) is 0 Å². The summed E-state index contributed by atoms with van der Waals surface area (Å²) >= 11 is 0. The van der Waals surface area contributed by atoms with Gasteiger partial charge in [-0.1, -0.05) is 25.3 Å². The fourth-order valence-electron chi connectivity index (χ4n) is 2.77. The zero-order valence-corrected chi connectivity index (χ0v) is 9.67. The Kier molecular flexibility index (Phi) is 5.93. The Morgan fingerprint density at radius 1 is 1.29 bits per heavy atom. The number of nitrogens with two attached hydrogens (primary N) is 1. The van der Waals surface area contributed by atoms with Crippen LogP contribution >= 0.6 is 0 Å². The van der Waals surface area contributed by atoms with E-state index in [4.69, 9.17) is 0 Å². The molecule has 0 amide bonds. The van der Waals surface area contributed by atoms with Crippen LogP contribution in [0.5, 0.6) is 0 Å². The van der Waals surface area contributed by atoms with Crippen molar-refractivity contribution < 1.29 is 5.32 Å². The second-order valence-corrected chi connectivity index (χ2v) is 4.67. The van der Waals surface area contributed by atoms with Crippen molar-refractivity contribution in [2.24, 2.45) is 11.8 Å². The highest BCUT2D eigenvalue weighted by molar-refractivity contribution is 4.81. The van der Waals surface area contributed by atoms with Gasteiger partial charge in [0.2, 0.25) is 0 Å². The molecule has 0 aromatic carbocycles. The monoisotopic (exact) mass is 196 g/mol. The summed E-state index contributed by atoms with van der Waals surface area (Å²) in [5, 5.41) is 2.30. The normalized spacial score (nSPS) is 27.5. The summed E-state index contributed by atoms with van der Waals surface area (Å²) in [6, 6.07) is 0. The van der Waals surface area contributed by atoms with Crippen LogP contribution in [0.1, 0.15) is 44.9 Å². The van der Waals surface area contributed by atoms with Gasteiger partial charge in [-0.05, 0) is 37.5 Å². The van der Waals surface area contributed by atoms with E-state index < -0.39 is 0 Å². The minimum absolute atomic E-state index is 0.957. The van der Waals surface area contributed by atoms with E-state index in [1.165, 1.54) is 51.5 Å². The summed E-state index contributed by atoms with van der Waals surface area (Å²) < 4.78 is 0. The molecule has 0 aromatic heterocycles. The van der Waals surface area contributed by atoms with Crippen molar-refractivity contribution in [1.29, 1.82) is 0 Å². The molecule has 14 heavy (non-hydrogen) atoms. The fourth-order valence-corrected chi connectivity index (χ4v) is 2.77. The van der Waals surface area contributed by atoms with Gasteiger partial charge in [0.15, 0.2) is 0 Å². The third-order valence-corrected chi connectivity index (χ3v) is 3.60. The summed E-state index contributed by atoms with van der Waals surface area (Å²) in [6.07, 6.45) is 12.1. The van der Waals surface area contributed by atoms with Crippen molar-refractivity contribution in [2.45, 2.75) is 44.9 Å². The lowest BCUT2D eigenvalue weighted by molar-refractivity contribution is -0.627. The maximum atomic E-state index is 3.88. The molecule has 1 aliphatic carbocycles. The Labute approximate surface area is 89.0 Å². The molecular weight excluding hydrogens is 170 g/mol. The van der Waals surface area contributed by atoms with E-state index >= 15 is 0 Å². The lowest BCUT2D eigenvalue weighted by Crippen LogP contribution is -2.79. The van der Waals surface area contributed by atoms with Crippen molar-refractivity contribution in [3.05, 3.63) is 12.7 Å². The van der Waals surface area contributed by atoms with Crippen LogP contribution in [0.25, 0.3) is 0 Å². The number of quaternary nitrogens is 1. The zero-order valence-electron chi connectivity index (χ0n) is 9.67. The Morgan fingerprint density at radius 2 is 2.00 bits per heavy atom. The molecule has 2 unspecified atom stereocenters. The largest absolute Gasteiger partial charge is 0.349 e. The molecule has 0 bridgehead atoms. The molecule has 1 saturated carbocycles. The van der Waals surface area contributed by atoms with E-state index in [1.54, 1.807) is 0 Å². The second-order valence-electron chi connectivity index (χ2n) is 4.67. The molecule has 2 N–H and O–H groups in total. The molecule has 0 radical (unpaired) electrons. The van der Waals surface area contributed by atoms with Crippen LogP contribution < -0.4 is 5.32 Å². The molecule has 0 aromatic rings. The number of allylic oxidation sites excluding steroid dienone is 1. The van der Waals surface area contributed by atoms with Crippen molar-refractivity contribution in [1.82, 2.24) is 0 Å². The van der Waals surface area contributed by atoms with Gasteiger partial charge >= 0.3 is 0 Å². The molecule has 2 atom stereocenters. The minimum Gasteiger partial charge on any atom is -0.349 e. The molecule has 1 heteroatoms. The first-order valence-corrected chi connectivity index (χ1v) is 6.27. The number of rotatable bonds is 6. The van der Waals surface area contributed by atoms with Crippen LogP contribution in [0.2, 0.25) is 0 Å². The van der Waals surface area contributed by atoms with E-state index in [2.05, 4.69) is 25.0 Å². The van der Waals surface area contributed by atoms with Crippen LogP contribution in [0.4, 0.5) is 0 Å². The summed E-state index contributed by atoms with van der Waals surface area (Å²) in [7, 11) is 2.17. The molecule has 1 rings (SSSR count). The van der Waals surface area contributed by atoms with Gasteiger partial charge in [-0.3, -0.25) is 0 Å². The Hall–Kier alpha value is -0.300. The highest BCUT2D eigenvalue weighted by Crippen LogP contribution is 2.35. The average Bonchev–Trinajstić information content (AvgIpc) is 2.21.